The fraction of sp³-hybridized carbons (Fsp3) is 0.188. The minimum Gasteiger partial charge on any atom is -0.296 e. The van der Waals surface area contributed by atoms with Crippen molar-refractivity contribution < 1.29 is 0 Å². The third-order valence-electron chi connectivity index (χ3n) is 3.21. The Morgan fingerprint density at radius 1 is 1.06 bits per heavy atom. The van der Waals surface area contributed by atoms with Crippen LogP contribution in [-0.2, 0) is 6.42 Å². The zero-order chi connectivity index (χ0) is 12.5. The van der Waals surface area contributed by atoms with Gasteiger partial charge < -0.3 is 0 Å². The van der Waals surface area contributed by atoms with Crippen LogP contribution in [0.3, 0.4) is 0 Å². The van der Waals surface area contributed by atoms with Gasteiger partial charge in [0, 0.05) is 12.1 Å². The normalized spacial score (nSPS) is 11.0. The van der Waals surface area contributed by atoms with E-state index in [1.807, 2.05) is 6.07 Å². The summed E-state index contributed by atoms with van der Waals surface area (Å²) in [6.45, 7) is 4.25. The lowest BCUT2D eigenvalue weighted by Gasteiger charge is -2.07. The molecule has 0 saturated carbocycles. The van der Waals surface area contributed by atoms with E-state index in [4.69, 9.17) is 4.98 Å². The van der Waals surface area contributed by atoms with Crippen LogP contribution in [0.4, 0.5) is 0 Å². The summed E-state index contributed by atoms with van der Waals surface area (Å²) in [6, 6.07) is 16.9. The van der Waals surface area contributed by atoms with E-state index >= 15 is 0 Å². The summed E-state index contributed by atoms with van der Waals surface area (Å²) in [5.41, 5.74) is 4.70. The Bertz CT molecular complexity index is 681. The van der Waals surface area contributed by atoms with E-state index < -0.39 is 0 Å². The van der Waals surface area contributed by atoms with Crippen LogP contribution in [0.5, 0.6) is 0 Å². The zero-order valence-electron chi connectivity index (χ0n) is 10.7. The lowest BCUT2D eigenvalue weighted by Crippen LogP contribution is -1.99. The van der Waals surface area contributed by atoms with Crippen LogP contribution in [0.2, 0.25) is 0 Å². The minimum atomic E-state index is 0.933. The van der Waals surface area contributed by atoms with Crippen molar-refractivity contribution in [1.29, 1.82) is 0 Å². The van der Waals surface area contributed by atoms with Gasteiger partial charge in [-0.3, -0.25) is 4.57 Å². The first-order chi connectivity index (χ1) is 8.79. The lowest BCUT2D eigenvalue weighted by atomic mass is 10.2. The highest BCUT2D eigenvalue weighted by molar-refractivity contribution is 5.79. The fourth-order valence-corrected chi connectivity index (χ4v) is 2.34. The predicted octanol–water partition coefficient (Wildman–Crippen LogP) is 3.90. The highest BCUT2D eigenvalue weighted by Crippen LogP contribution is 2.22. The van der Waals surface area contributed by atoms with Crippen LogP contribution in [0.15, 0.2) is 48.5 Å². The van der Waals surface area contributed by atoms with E-state index in [0.717, 1.165) is 17.8 Å². The van der Waals surface area contributed by atoms with Crippen molar-refractivity contribution >= 4 is 11.0 Å². The van der Waals surface area contributed by atoms with Crippen molar-refractivity contribution in [2.24, 2.45) is 0 Å². The Balaban J connectivity index is 2.33. The summed E-state index contributed by atoms with van der Waals surface area (Å²) in [7, 11) is 0. The molecule has 0 radical (unpaired) electrons. The Hall–Kier alpha value is -2.09. The second-order valence-electron chi connectivity index (χ2n) is 4.54. The molecule has 0 aliphatic carbocycles. The molecule has 1 aromatic heterocycles. The van der Waals surface area contributed by atoms with Crippen LogP contribution >= 0.6 is 0 Å². The number of para-hydroxylation sites is 1. The van der Waals surface area contributed by atoms with Gasteiger partial charge in [0.15, 0.2) is 0 Å². The van der Waals surface area contributed by atoms with Crippen molar-refractivity contribution in [3.63, 3.8) is 0 Å². The van der Waals surface area contributed by atoms with Gasteiger partial charge in [-0.15, -0.1) is 0 Å². The molecular formula is C16H16N2. The first kappa shape index (κ1) is 11.0. The average molecular weight is 236 g/mol. The van der Waals surface area contributed by atoms with Crippen molar-refractivity contribution in [2.75, 3.05) is 0 Å². The molecule has 0 saturated heterocycles. The maximum absolute atomic E-state index is 4.73. The largest absolute Gasteiger partial charge is 0.296 e. The van der Waals surface area contributed by atoms with Gasteiger partial charge in [0.05, 0.1) is 11.0 Å². The number of fused-ring (bicyclic) bond motifs is 1. The van der Waals surface area contributed by atoms with Crippen LogP contribution in [-0.4, -0.2) is 9.55 Å². The van der Waals surface area contributed by atoms with Crippen LogP contribution in [0.1, 0.15) is 18.3 Å². The van der Waals surface area contributed by atoms with Crippen molar-refractivity contribution in [3.05, 3.63) is 59.9 Å². The van der Waals surface area contributed by atoms with Gasteiger partial charge >= 0.3 is 0 Å². The standard InChI is InChI=1S/C16H16N2/c1-3-16-17-14-11-12(2)9-10-15(14)18(16)13-7-5-4-6-8-13/h4-11H,3H2,1-2H3. The fourth-order valence-electron chi connectivity index (χ4n) is 2.34. The number of aryl methyl sites for hydroxylation is 2. The van der Waals surface area contributed by atoms with E-state index in [1.165, 1.54) is 16.8 Å². The molecule has 3 aromatic rings. The number of imidazole rings is 1. The van der Waals surface area contributed by atoms with Crippen LogP contribution in [0, 0.1) is 6.92 Å². The molecule has 0 aliphatic rings. The summed E-state index contributed by atoms with van der Waals surface area (Å²) in [5.74, 6) is 1.11. The summed E-state index contributed by atoms with van der Waals surface area (Å²) in [4.78, 5) is 4.73. The Morgan fingerprint density at radius 3 is 2.56 bits per heavy atom. The van der Waals surface area contributed by atoms with Crippen molar-refractivity contribution in [1.82, 2.24) is 9.55 Å². The maximum Gasteiger partial charge on any atom is 0.114 e. The van der Waals surface area contributed by atoms with Gasteiger partial charge in [-0.2, -0.15) is 0 Å². The summed E-state index contributed by atoms with van der Waals surface area (Å²) in [6.07, 6.45) is 0.933. The van der Waals surface area contributed by atoms with E-state index in [1.54, 1.807) is 0 Å². The van der Waals surface area contributed by atoms with E-state index in [9.17, 15) is 0 Å². The van der Waals surface area contributed by atoms with Gasteiger partial charge in [-0.05, 0) is 36.8 Å². The lowest BCUT2D eigenvalue weighted by molar-refractivity contribution is 0.908. The average Bonchev–Trinajstić information content (AvgIpc) is 2.77. The minimum absolute atomic E-state index is 0.933. The van der Waals surface area contributed by atoms with Gasteiger partial charge in [-0.25, -0.2) is 4.98 Å². The molecule has 18 heavy (non-hydrogen) atoms. The molecule has 0 N–H and O–H groups in total. The topological polar surface area (TPSA) is 17.8 Å². The molecule has 0 bridgehead atoms. The first-order valence-corrected chi connectivity index (χ1v) is 6.33. The number of rotatable bonds is 2. The molecule has 2 nitrogen and oxygen atoms in total. The smallest absolute Gasteiger partial charge is 0.114 e. The van der Waals surface area contributed by atoms with E-state index in [2.05, 4.69) is 60.9 Å². The highest BCUT2D eigenvalue weighted by atomic mass is 15.1. The summed E-state index contributed by atoms with van der Waals surface area (Å²) < 4.78 is 2.24. The molecule has 2 heteroatoms. The third kappa shape index (κ3) is 1.70. The van der Waals surface area contributed by atoms with Gasteiger partial charge in [0.25, 0.3) is 0 Å². The molecule has 2 aromatic carbocycles. The molecular weight excluding hydrogens is 220 g/mol. The molecule has 0 fully saturated rings. The Labute approximate surface area is 107 Å². The summed E-state index contributed by atoms with van der Waals surface area (Å²) >= 11 is 0. The zero-order valence-corrected chi connectivity index (χ0v) is 10.7. The van der Waals surface area contributed by atoms with Gasteiger partial charge in [0.1, 0.15) is 5.82 Å². The molecule has 90 valence electrons. The number of nitrogens with zero attached hydrogens (tertiary/aromatic N) is 2. The number of aromatic nitrogens is 2. The molecule has 1 heterocycles. The van der Waals surface area contributed by atoms with E-state index in [0.29, 0.717) is 0 Å². The second-order valence-corrected chi connectivity index (χ2v) is 4.54. The Morgan fingerprint density at radius 2 is 1.83 bits per heavy atom. The van der Waals surface area contributed by atoms with Crippen molar-refractivity contribution in [2.45, 2.75) is 20.3 Å². The molecule has 0 unspecified atom stereocenters. The number of hydrogen-bond donors (Lipinski definition) is 0. The molecule has 0 amide bonds. The Kier molecular flexibility index (Phi) is 2.63. The third-order valence-corrected chi connectivity index (χ3v) is 3.21. The molecule has 3 rings (SSSR count). The molecule has 0 atom stereocenters. The van der Waals surface area contributed by atoms with E-state index in [-0.39, 0.29) is 0 Å². The molecule has 0 spiro atoms. The van der Waals surface area contributed by atoms with Crippen LogP contribution < -0.4 is 0 Å². The maximum atomic E-state index is 4.73. The second kappa shape index (κ2) is 4.30. The van der Waals surface area contributed by atoms with Crippen LogP contribution in [0.25, 0.3) is 16.7 Å². The number of hydrogen-bond acceptors (Lipinski definition) is 1. The van der Waals surface area contributed by atoms with Crippen molar-refractivity contribution in [3.8, 4) is 5.69 Å². The van der Waals surface area contributed by atoms with Gasteiger partial charge in [-0.1, -0.05) is 31.2 Å². The van der Waals surface area contributed by atoms with Gasteiger partial charge in [0.2, 0.25) is 0 Å². The first-order valence-electron chi connectivity index (χ1n) is 6.33. The monoisotopic (exact) mass is 236 g/mol. The highest BCUT2D eigenvalue weighted by Gasteiger charge is 2.10. The number of benzene rings is 2. The predicted molar refractivity (Wildman–Crippen MR) is 75.2 cm³/mol. The quantitative estimate of drug-likeness (QED) is 0.660. The SMILES string of the molecule is CCc1nc2cc(C)ccc2n1-c1ccccc1. The molecule has 0 aliphatic heterocycles. The summed E-state index contributed by atoms with van der Waals surface area (Å²) in [5, 5.41) is 0.